The van der Waals surface area contributed by atoms with Gasteiger partial charge in [0.25, 0.3) is 0 Å². The van der Waals surface area contributed by atoms with Crippen molar-refractivity contribution in [1.29, 1.82) is 0 Å². The van der Waals surface area contributed by atoms with Crippen LogP contribution in [0.4, 0.5) is 8.78 Å². The summed E-state index contributed by atoms with van der Waals surface area (Å²) in [4.78, 5) is 98.1. The number of aryl methyl sites for hydroxylation is 2. The average molecular weight is 1950 g/mol. The summed E-state index contributed by atoms with van der Waals surface area (Å²) >= 11 is 9.76. The van der Waals surface area contributed by atoms with Crippen molar-refractivity contribution >= 4 is 73.8 Å². The molecule has 0 aliphatic heterocycles. The normalized spacial score (nSPS) is 24.9. The Morgan fingerprint density at radius 1 is 0.324 bits per heavy atom. The molecule has 8 aromatic carbocycles. The lowest BCUT2D eigenvalue weighted by molar-refractivity contribution is -0.128. The van der Waals surface area contributed by atoms with Crippen LogP contribution >= 0.6 is 27.5 Å². The number of methoxy groups -OCH3 is 1. The number of nitrogens with one attached hydrogen (secondary N) is 8. The molecule has 136 heavy (non-hydrogen) atoms. The molecule has 0 unspecified atom stereocenters. The predicted octanol–water partition coefficient (Wildman–Crippen LogP) is 22.4. The first-order chi connectivity index (χ1) is 65.6. The van der Waals surface area contributed by atoms with E-state index in [0.717, 1.165) is 254 Å². The zero-order chi connectivity index (χ0) is 98.4. The van der Waals surface area contributed by atoms with Crippen molar-refractivity contribution in [1.82, 2.24) is 42.5 Å². The van der Waals surface area contributed by atoms with Crippen LogP contribution in [0, 0.1) is 11.6 Å². The van der Waals surface area contributed by atoms with Gasteiger partial charge in [-0.25, -0.2) is 8.78 Å². The number of carbonyl (C=O) groups is 8. The van der Waals surface area contributed by atoms with Gasteiger partial charge in [-0.3, -0.25) is 38.4 Å². The molecule has 0 saturated heterocycles. The zero-order valence-electron chi connectivity index (χ0n) is 82.7. The van der Waals surface area contributed by atoms with E-state index in [4.69, 9.17) is 16.3 Å². The quantitative estimate of drug-likeness (QED) is 0.0272. The second-order valence-corrected chi connectivity index (χ2v) is 38.6. The van der Waals surface area contributed by atoms with Gasteiger partial charge in [0.05, 0.1) is 7.11 Å². The van der Waals surface area contributed by atoms with E-state index < -0.39 is 44.3 Å². The molecule has 0 bridgehead atoms. The van der Waals surface area contributed by atoms with Crippen LogP contribution in [0.25, 0.3) is 0 Å². The predicted molar refractivity (Wildman–Crippen MR) is 548 cm³/mol. The standard InChI is InChI=1S/C16H23NO2.C16H23NO.C15H20ClNO.C15H21NO.C13H16BrNO.2C13H16FNO.C13H17NO2/c1-3-11-17-16(10-5-4-9-15(16)18)13-7-6-8-14(12-13)19-2;1-3-13-8-7-9-14(12-13)16(17-4-2)11-6-5-10-15(16)18;1-2-11-17-15(10-6-5-9-14(15)18)12-7-3-4-8-13(12)16;1-3-12-7-6-8-13(11-12)15(16-2)10-5-4-9-14(15)17;2*1-15-13(8-3-2-7-12(13)16)10-5-4-6-11(14)9-10;1-15-13(9-3-2-4-12(13)16)10-5-7-11(14)8-6-10;1-14-13(9-3-2-4-12(13)16)10-5-7-11(15)8-6-10/h6-8,12,17H,3-5,9-11H2,1-2H3;7-9,12,17H,3-6,10-11H2,1-2H3;3-4,7-8,17H,2,5-6,9-11H2,1H3;6-8,11,16H,3-5,9-10H2,1-2H3;2*4-6,9,15H,2-3,7-8H2,1H3;5-8,15H,2-4,9H2,1H3;5-8,14-15H,2-4,9H2,1H3/t2*16-;2*15-;4*13-/m00000000/s1. The third-order valence-electron chi connectivity index (χ3n) is 29.3. The summed E-state index contributed by atoms with van der Waals surface area (Å²) in [5.74, 6) is 2.78. The molecule has 8 saturated carbocycles. The van der Waals surface area contributed by atoms with E-state index in [0.29, 0.717) is 79.5 Å². The van der Waals surface area contributed by atoms with E-state index in [1.807, 2.05) is 112 Å². The highest BCUT2D eigenvalue weighted by Crippen LogP contribution is 2.44. The summed E-state index contributed by atoms with van der Waals surface area (Å²) in [5.41, 5.74) is 6.43. The fraction of sp³-hybridized carbons (Fsp3) is 0.509. The van der Waals surface area contributed by atoms with Crippen LogP contribution in [0.2, 0.25) is 5.02 Å². The summed E-state index contributed by atoms with van der Waals surface area (Å²) in [7, 11) is 10.8. The number of carbonyl (C=O) groups excluding carboxylic acids is 8. The third kappa shape index (κ3) is 27.0. The number of ketones is 8. The van der Waals surface area contributed by atoms with Gasteiger partial charge in [0.2, 0.25) is 0 Å². The minimum atomic E-state index is -0.666. The van der Waals surface area contributed by atoms with Crippen LogP contribution in [0.5, 0.6) is 11.5 Å². The minimum Gasteiger partial charge on any atom is -0.508 e. The Morgan fingerprint density at radius 3 is 0.978 bits per heavy atom. The van der Waals surface area contributed by atoms with Crippen molar-refractivity contribution in [3.8, 4) is 11.5 Å². The summed E-state index contributed by atoms with van der Waals surface area (Å²) in [6, 6.07) is 60.1. The molecule has 8 fully saturated rings. The number of phenols is 1. The number of aromatic hydroxyl groups is 1. The van der Waals surface area contributed by atoms with Gasteiger partial charge in [-0.1, -0.05) is 241 Å². The number of ether oxygens (including phenoxy) is 1. The number of likely N-dealkylation sites (N-methyl/N-ethyl adjacent to an activating group) is 6. The number of rotatable bonds is 24. The maximum absolute atomic E-state index is 13.2. The van der Waals surface area contributed by atoms with Crippen LogP contribution < -0.4 is 47.3 Å². The number of phenolic OH excluding ortho intramolecular Hbond substituents is 1. The molecule has 22 heteroatoms. The minimum absolute atomic E-state index is 0.173. The molecule has 8 atom stereocenters. The molecule has 16 rings (SSSR count). The molecule has 0 aromatic heterocycles. The van der Waals surface area contributed by atoms with Crippen molar-refractivity contribution in [2.75, 3.05) is 62.0 Å². The van der Waals surface area contributed by atoms with Crippen LogP contribution in [0.3, 0.4) is 0 Å². The van der Waals surface area contributed by atoms with Crippen molar-refractivity contribution in [3.63, 3.8) is 0 Å². The number of hydrogen-bond acceptors (Lipinski definition) is 18. The Hall–Kier alpha value is -8.97. The topological polar surface area (TPSA) is 262 Å². The fourth-order valence-corrected chi connectivity index (χ4v) is 22.0. The fourth-order valence-electron chi connectivity index (χ4n) is 21.3. The Bertz CT molecular complexity index is 5060. The molecule has 8 aliphatic rings. The molecule has 18 nitrogen and oxygen atoms in total. The first kappa shape index (κ1) is 111. The van der Waals surface area contributed by atoms with Gasteiger partial charge in [0.15, 0.2) is 46.3 Å². The van der Waals surface area contributed by atoms with Gasteiger partial charge in [-0.15, -0.1) is 0 Å². The van der Waals surface area contributed by atoms with Gasteiger partial charge in [0.1, 0.15) is 67.4 Å². The molecule has 8 aliphatic carbocycles. The van der Waals surface area contributed by atoms with Crippen molar-refractivity contribution in [2.45, 2.75) is 310 Å². The van der Waals surface area contributed by atoms with Crippen LogP contribution in [0.15, 0.2) is 199 Å². The number of hydrogen-bond donors (Lipinski definition) is 9. The van der Waals surface area contributed by atoms with Gasteiger partial charge in [-0.2, -0.15) is 0 Å². The molecule has 736 valence electrons. The molecule has 0 spiro atoms. The Labute approximate surface area is 822 Å². The monoisotopic (exact) mass is 1950 g/mol. The van der Waals surface area contributed by atoms with E-state index in [2.05, 4.69) is 142 Å². The lowest BCUT2D eigenvalue weighted by Gasteiger charge is -2.37. The molecule has 0 radical (unpaired) electrons. The maximum atomic E-state index is 13.2. The Morgan fingerprint density at radius 2 is 0.632 bits per heavy atom. The first-order valence-electron chi connectivity index (χ1n) is 50.3. The highest BCUT2D eigenvalue weighted by molar-refractivity contribution is 9.10. The van der Waals surface area contributed by atoms with E-state index in [-0.39, 0.29) is 40.5 Å². The van der Waals surface area contributed by atoms with Crippen LogP contribution in [0.1, 0.15) is 309 Å². The van der Waals surface area contributed by atoms with Gasteiger partial charge < -0.3 is 52.4 Å². The van der Waals surface area contributed by atoms with E-state index in [1.54, 1.807) is 51.5 Å². The second-order valence-electron chi connectivity index (χ2n) is 37.3. The SMILES string of the molecule is CCCN[C@]1(c2cccc(OC)c2)CCCCC1=O.CCCN[C@]1(c2ccccc2Cl)CCCCC1=O.CCN[C@]1(c2cccc(CC)c2)CCCCC1=O.CCc1cccc([C@@]2(NC)CCCCC2=O)c1.CN[C@]1(c2ccc(F)cc2)CCCCC1=O.CN[C@]1(c2ccc(O)cc2)CCCCC1=O.CN[C@]1(c2cccc(Br)c2)CCCCC1=O.CN[C@]1(c2cccc(F)c2)CCCCC1=O. The molecule has 8 aromatic rings. The van der Waals surface area contributed by atoms with Crippen LogP contribution in [-0.2, 0) is 95.5 Å². The Balaban J connectivity index is 0.000000174. The van der Waals surface area contributed by atoms with E-state index >= 15 is 0 Å². The van der Waals surface area contributed by atoms with Gasteiger partial charge in [0, 0.05) is 60.9 Å². The summed E-state index contributed by atoms with van der Waals surface area (Å²) < 4.78 is 32.4. The van der Waals surface area contributed by atoms with Crippen molar-refractivity contribution < 1.29 is 57.0 Å². The lowest BCUT2D eigenvalue weighted by atomic mass is 9.75. The summed E-state index contributed by atoms with van der Waals surface area (Å²) in [5, 5.41) is 36.3. The largest absolute Gasteiger partial charge is 0.508 e. The van der Waals surface area contributed by atoms with E-state index in [9.17, 15) is 52.2 Å². The highest BCUT2D eigenvalue weighted by Gasteiger charge is 2.48. The van der Waals surface area contributed by atoms with Crippen LogP contribution in [-0.4, -0.2) is 113 Å². The van der Waals surface area contributed by atoms with Crippen molar-refractivity contribution in [2.24, 2.45) is 0 Å². The molecule has 0 amide bonds. The number of benzene rings is 8. The maximum Gasteiger partial charge on any atom is 0.157 e. The highest BCUT2D eigenvalue weighted by atomic mass is 79.9. The van der Waals surface area contributed by atoms with Gasteiger partial charge >= 0.3 is 0 Å². The summed E-state index contributed by atoms with van der Waals surface area (Å²) in [6.45, 7) is 13.2. The number of halogens is 4. The molecule has 9 N–H and O–H groups in total. The Kier molecular flexibility index (Phi) is 43.9. The molecular formula is C114H152BrClF2N8O10. The lowest BCUT2D eigenvalue weighted by Crippen LogP contribution is -2.51. The molecular weight excluding hydrogens is 1790 g/mol. The van der Waals surface area contributed by atoms with E-state index in [1.165, 1.54) is 35.4 Å². The zero-order valence-corrected chi connectivity index (χ0v) is 85.0. The third-order valence-corrected chi connectivity index (χ3v) is 30.1. The smallest absolute Gasteiger partial charge is 0.157 e. The number of Topliss-reactive ketones (excluding diaryl/α,β-unsaturated/α-hetero) is 8. The first-order valence-corrected chi connectivity index (χ1v) is 51.4. The average Bonchev–Trinajstić information content (AvgIpc) is 0.763. The van der Waals surface area contributed by atoms with Crippen molar-refractivity contribution in [3.05, 3.63) is 271 Å². The second kappa shape index (κ2) is 54.0. The summed E-state index contributed by atoms with van der Waals surface area (Å²) in [6.07, 6.45) is 32.9. The molecule has 0 heterocycles. The van der Waals surface area contributed by atoms with Gasteiger partial charge in [-0.05, 0) is 306 Å².